The fourth-order valence-electron chi connectivity index (χ4n) is 4.50. The minimum absolute atomic E-state index is 0.102. The SMILES string of the molecule is CCC[C@]1(C)c2cc(OC(=O)c3ccccc3N)ccc2C[C@H](CC)[C@@H]1N. The van der Waals surface area contributed by atoms with Gasteiger partial charge in [-0.2, -0.15) is 0 Å². The molecule has 0 fully saturated rings. The van der Waals surface area contributed by atoms with Crippen LogP contribution in [0.1, 0.15) is 61.5 Å². The summed E-state index contributed by atoms with van der Waals surface area (Å²) in [5.74, 6) is 0.592. The lowest BCUT2D eigenvalue weighted by Gasteiger charge is -2.46. The van der Waals surface area contributed by atoms with Gasteiger partial charge in [-0.1, -0.05) is 51.8 Å². The fraction of sp³-hybridized carbons (Fsp3) is 0.435. The van der Waals surface area contributed by atoms with Crippen LogP contribution in [0, 0.1) is 5.92 Å². The molecule has 4 heteroatoms. The summed E-state index contributed by atoms with van der Waals surface area (Å²) < 4.78 is 5.65. The highest BCUT2D eigenvalue weighted by molar-refractivity contribution is 5.96. The molecule has 1 aliphatic rings. The zero-order valence-corrected chi connectivity index (χ0v) is 16.5. The summed E-state index contributed by atoms with van der Waals surface area (Å²) in [4.78, 5) is 12.5. The van der Waals surface area contributed by atoms with Gasteiger partial charge >= 0.3 is 5.97 Å². The lowest BCUT2D eigenvalue weighted by Crippen LogP contribution is -2.52. The summed E-state index contributed by atoms with van der Waals surface area (Å²) in [6.45, 7) is 6.65. The van der Waals surface area contributed by atoms with Crippen LogP contribution < -0.4 is 16.2 Å². The number of nitrogen functional groups attached to an aromatic ring is 1. The van der Waals surface area contributed by atoms with Crippen molar-refractivity contribution in [1.29, 1.82) is 0 Å². The normalized spacial score (nSPS) is 24.3. The first-order chi connectivity index (χ1) is 12.9. The van der Waals surface area contributed by atoms with Crippen LogP contribution in [0.3, 0.4) is 0 Å². The number of ether oxygens (including phenoxy) is 1. The van der Waals surface area contributed by atoms with Gasteiger partial charge in [0.25, 0.3) is 0 Å². The molecule has 27 heavy (non-hydrogen) atoms. The van der Waals surface area contributed by atoms with Crippen LogP contribution in [-0.2, 0) is 11.8 Å². The van der Waals surface area contributed by atoms with Crippen molar-refractivity contribution in [2.45, 2.75) is 57.9 Å². The second-order valence-electron chi connectivity index (χ2n) is 7.86. The number of carbonyl (C=O) groups is 1. The Morgan fingerprint density at radius 2 is 1.96 bits per heavy atom. The van der Waals surface area contributed by atoms with Gasteiger partial charge in [0.1, 0.15) is 5.75 Å². The summed E-state index contributed by atoms with van der Waals surface area (Å²) >= 11 is 0. The minimum Gasteiger partial charge on any atom is -0.423 e. The Kier molecular flexibility index (Phi) is 5.56. The minimum atomic E-state index is -0.434. The molecule has 0 radical (unpaired) electrons. The van der Waals surface area contributed by atoms with Crippen LogP contribution in [0.15, 0.2) is 42.5 Å². The van der Waals surface area contributed by atoms with Crippen LogP contribution in [-0.4, -0.2) is 12.0 Å². The second kappa shape index (κ2) is 7.73. The van der Waals surface area contributed by atoms with Gasteiger partial charge in [0, 0.05) is 17.1 Å². The number of carbonyl (C=O) groups excluding carboxylic acids is 1. The van der Waals surface area contributed by atoms with Gasteiger partial charge in [-0.3, -0.25) is 0 Å². The molecule has 144 valence electrons. The monoisotopic (exact) mass is 366 g/mol. The van der Waals surface area contributed by atoms with Gasteiger partial charge in [0.05, 0.1) is 5.56 Å². The lowest BCUT2D eigenvalue weighted by molar-refractivity contribution is 0.0735. The van der Waals surface area contributed by atoms with E-state index in [9.17, 15) is 4.79 Å². The highest BCUT2D eigenvalue weighted by atomic mass is 16.5. The quantitative estimate of drug-likeness (QED) is 0.465. The predicted octanol–water partition coefficient (Wildman–Crippen LogP) is 4.46. The number of hydrogen-bond acceptors (Lipinski definition) is 4. The number of anilines is 1. The number of rotatable bonds is 5. The van der Waals surface area contributed by atoms with E-state index in [1.807, 2.05) is 12.1 Å². The summed E-state index contributed by atoms with van der Waals surface area (Å²) in [5.41, 5.74) is 15.8. The van der Waals surface area contributed by atoms with E-state index in [0.717, 1.165) is 25.7 Å². The first-order valence-corrected chi connectivity index (χ1v) is 9.86. The van der Waals surface area contributed by atoms with E-state index in [0.29, 0.717) is 22.9 Å². The molecule has 2 aromatic rings. The maximum atomic E-state index is 12.5. The molecule has 1 aliphatic carbocycles. The number of benzene rings is 2. The van der Waals surface area contributed by atoms with Crippen molar-refractivity contribution in [2.24, 2.45) is 11.7 Å². The first kappa shape index (κ1) is 19.4. The van der Waals surface area contributed by atoms with Crippen LogP contribution in [0.5, 0.6) is 5.75 Å². The van der Waals surface area contributed by atoms with E-state index in [4.69, 9.17) is 16.2 Å². The predicted molar refractivity (Wildman–Crippen MR) is 110 cm³/mol. The summed E-state index contributed by atoms with van der Waals surface area (Å²) in [7, 11) is 0. The maximum Gasteiger partial charge on any atom is 0.345 e. The molecule has 4 nitrogen and oxygen atoms in total. The number of esters is 1. The van der Waals surface area contributed by atoms with E-state index in [1.165, 1.54) is 11.1 Å². The molecule has 4 N–H and O–H groups in total. The lowest BCUT2D eigenvalue weighted by atomic mass is 9.61. The van der Waals surface area contributed by atoms with Crippen LogP contribution in [0.2, 0.25) is 0 Å². The molecule has 2 aromatic carbocycles. The average molecular weight is 367 g/mol. The van der Waals surface area contributed by atoms with Gasteiger partial charge < -0.3 is 16.2 Å². The third kappa shape index (κ3) is 3.59. The Balaban J connectivity index is 1.95. The zero-order valence-electron chi connectivity index (χ0n) is 16.5. The molecular formula is C23H30N2O2. The third-order valence-electron chi connectivity index (χ3n) is 6.11. The highest BCUT2D eigenvalue weighted by Crippen LogP contribution is 2.44. The smallest absolute Gasteiger partial charge is 0.345 e. The topological polar surface area (TPSA) is 78.3 Å². The molecule has 0 heterocycles. The van der Waals surface area contributed by atoms with E-state index in [2.05, 4.69) is 26.8 Å². The van der Waals surface area contributed by atoms with Crippen molar-refractivity contribution in [3.8, 4) is 5.75 Å². The van der Waals surface area contributed by atoms with Crippen molar-refractivity contribution in [2.75, 3.05) is 5.73 Å². The second-order valence-corrected chi connectivity index (χ2v) is 7.86. The Bertz CT molecular complexity index is 833. The van der Waals surface area contributed by atoms with Crippen molar-refractivity contribution in [3.05, 3.63) is 59.2 Å². The molecule has 3 atom stereocenters. The third-order valence-corrected chi connectivity index (χ3v) is 6.11. The molecule has 0 saturated carbocycles. The Hall–Kier alpha value is -2.33. The Morgan fingerprint density at radius 1 is 1.22 bits per heavy atom. The molecule has 0 aliphatic heterocycles. The average Bonchev–Trinajstić information content (AvgIpc) is 2.66. The number of hydrogen-bond donors (Lipinski definition) is 2. The largest absolute Gasteiger partial charge is 0.423 e. The van der Waals surface area contributed by atoms with Crippen molar-refractivity contribution >= 4 is 11.7 Å². The Morgan fingerprint density at radius 3 is 2.63 bits per heavy atom. The number of para-hydroxylation sites is 1. The van der Waals surface area contributed by atoms with E-state index >= 15 is 0 Å². The van der Waals surface area contributed by atoms with Crippen molar-refractivity contribution in [3.63, 3.8) is 0 Å². The highest BCUT2D eigenvalue weighted by Gasteiger charge is 2.42. The summed E-state index contributed by atoms with van der Waals surface area (Å²) in [5, 5.41) is 0. The standard InChI is InChI=1S/C23H30N2O2/c1-4-12-23(3)19-14-17(11-10-16(19)13-15(5-2)21(23)25)27-22(26)18-8-6-7-9-20(18)24/h6-11,14-15,21H,4-5,12-13,24-25H2,1-3H3/t15-,21-,23+/m0/s1. The van der Waals surface area contributed by atoms with E-state index < -0.39 is 5.97 Å². The van der Waals surface area contributed by atoms with Gasteiger partial charge in [-0.15, -0.1) is 0 Å². The van der Waals surface area contributed by atoms with Gasteiger partial charge in [0.2, 0.25) is 0 Å². The van der Waals surface area contributed by atoms with Crippen molar-refractivity contribution < 1.29 is 9.53 Å². The molecule has 0 amide bonds. The number of nitrogens with two attached hydrogens (primary N) is 2. The van der Waals surface area contributed by atoms with Crippen LogP contribution >= 0.6 is 0 Å². The molecule has 0 unspecified atom stereocenters. The molecule has 0 spiro atoms. The van der Waals surface area contributed by atoms with Crippen LogP contribution in [0.25, 0.3) is 0 Å². The molecule has 3 rings (SSSR count). The summed E-state index contributed by atoms with van der Waals surface area (Å²) in [6, 6.07) is 13.0. The molecular weight excluding hydrogens is 336 g/mol. The van der Waals surface area contributed by atoms with Crippen LogP contribution in [0.4, 0.5) is 5.69 Å². The fourth-order valence-corrected chi connectivity index (χ4v) is 4.50. The summed E-state index contributed by atoms with van der Waals surface area (Å²) in [6.07, 6.45) is 4.13. The van der Waals surface area contributed by atoms with Gasteiger partial charge in [-0.25, -0.2) is 4.79 Å². The molecule has 0 aromatic heterocycles. The zero-order chi connectivity index (χ0) is 19.6. The maximum absolute atomic E-state index is 12.5. The van der Waals surface area contributed by atoms with Gasteiger partial charge in [0.15, 0.2) is 0 Å². The first-order valence-electron chi connectivity index (χ1n) is 9.86. The van der Waals surface area contributed by atoms with E-state index in [1.54, 1.807) is 24.3 Å². The van der Waals surface area contributed by atoms with Crippen molar-refractivity contribution in [1.82, 2.24) is 0 Å². The molecule has 0 saturated heterocycles. The van der Waals surface area contributed by atoms with Gasteiger partial charge in [-0.05, 0) is 54.2 Å². The van der Waals surface area contributed by atoms with E-state index in [-0.39, 0.29) is 11.5 Å². The molecule has 0 bridgehead atoms. The number of fused-ring (bicyclic) bond motifs is 1. The Labute approximate surface area is 161 Å².